The quantitative estimate of drug-likeness (QED) is 0.611. The van der Waals surface area contributed by atoms with Crippen molar-refractivity contribution in [3.63, 3.8) is 0 Å². The monoisotopic (exact) mass is 415 g/mol. The number of piperidine rings is 1. The van der Waals surface area contributed by atoms with Crippen LogP contribution in [0.4, 0.5) is 4.39 Å². The fourth-order valence-corrected chi connectivity index (χ4v) is 3.24. The van der Waals surface area contributed by atoms with E-state index in [1.165, 1.54) is 18.2 Å². The van der Waals surface area contributed by atoms with Gasteiger partial charge in [0.1, 0.15) is 12.4 Å². The second-order valence-corrected chi connectivity index (χ2v) is 6.99. The van der Waals surface area contributed by atoms with Crippen molar-refractivity contribution in [1.29, 1.82) is 0 Å². The van der Waals surface area contributed by atoms with E-state index >= 15 is 0 Å². The molecule has 1 aliphatic heterocycles. The van der Waals surface area contributed by atoms with Crippen LogP contribution in [0, 0.1) is 5.82 Å². The number of nitrogens with zero attached hydrogens (tertiary/aromatic N) is 1. The molecule has 0 spiro atoms. The normalized spacial score (nSPS) is 13.6. The number of hydrogen-bond donors (Lipinski definition) is 0. The average Bonchev–Trinajstić information content (AvgIpc) is 2.78. The van der Waals surface area contributed by atoms with Gasteiger partial charge in [-0.15, -0.1) is 0 Å². The Labute approximate surface area is 175 Å². The van der Waals surface area contributed by atoms with Crippen LogP contribution in [-0.2, 0) is 16.1 Å². The first-order valence-electron chi connectivity index (χ1n) is 10.2. The number of halogens is 1. The van der Waals surface area contributed by atoms with E-state index in [-0.39, 0.29) is 24.7 Å². The van der Waals surface area contributed by atoms with E-state index in [0.29, 0.717) is 23.7 Å². The van der Waals surface area contributed by atoms with Crippen LogP contribution < -0.4 is 9.47 Å². The summed E-state index contributed by atoms with van der Waals surface area (Å²) in [7, 11) is 0. The molecule has 3 rings (SSSR count). The maximum atomic E-state index is 13.7. The van der Waals surface area contributed by atoms with Crippen LogP contribution >= 0.6 is 0 Å². The summed E-state index contributed by atoms with van der Waals surface area (Å²) in [6, 6.07) is 10.7. The maximum Gasteiger partial charge on any atom is 0.338 e. The molecule has 7 heteroatoms. The zero-order chi connectivity index (χ0) is 21.3. The third-order valence-electron chi connectivity index (χ3n) is 4.86. The van der Waals surface area contributed by atoms with E-state index in [1.807, 2.05) is 6.92 Å². The zero-order valence-corrected chi connectivity index (χ0v) is 17.1. The van der Waals surface area contributed by atoms with Crippen LogP contribution in [0.15, 0.2) is 42.5 Å². The number of esters is 1. The van der Waals surface area contributed by atoms with Crippen molar-refractivity contribution < 1.29 is 28.2 Å². The average molecular weight is 415 g/mol. The third-order valence-corrected chi connectivity index (χ3v) is 4.86. The second kappa shape index (κ2) is 10.6. The topological polar surface area (TPSA) is 65.1 Å². The molecule has 1 saturated heterocycles. The number of likely N-dealkylation sites (tertiary alicyclic amines) is 1. The molecule has 1 amide bonds. The zero-order valence-electron chi connectivity index (χ0n) is 17.1. The summed E-state index contributed by atoms with van der Waals surface area (Å²) in [4.78, 5) is 26.5. The number of benzene rings is 2. The first-order chi connectivity index (χ1) is 14.6. The lowest BCUT2D eigenvalue weighted by Crippen LogP contribution is -2.38. The van der Waals surface area contributed by atoms with Crippen molar-refractivity contribution in [1.82, 2.24) is 4.90 Å². The molecule has 0 bridgehead atoms. The summed E-state index contributed by atoms with van der Waals surface area (Å²) in [5.74, 6) is -0.361. The van der Waals surface area contributed by atoms with Crippen LogP contribution in [-0.4, -0.2) is 43.1 Å². The fraction of sp³-hybridized carbons (Fsp3) is 0.391. The second-order valence-electron chi connectivity index (χ2n) is 6.99. The highest BCUT2D eigenvalue weighted by atomic mass is 19.1. The van der Waals surface area contributed by atoms with Crippen LogP contribution in [0.2, 0.25) is 0 Å². The Morgan fingerprint density at radius 1 is 1.00 bits per heavy atom. The molecule has 0 unspecified atom stereocenters. The standard InChI is InChI=1S/C23H26FNO5/c1-2-28-21-14-17(23(27)30-15-18-8-4-5-9-19(18)24)10-11-20(21)29-16-22(26)25-12-6-3-7-13-25/h4-5,8-11,14H,2-3,6-7,12-13,15-16H2,1H3. The summed E-state index contributed by atoms with van der Waals surface area (Å²) >= 11 is 0. The number of carbonyl (C=O) groups is 2. The molecule has 160 valence electrons. The number of hydrogen-bond acceptors (Lipinski definition) is 5. The number of ether oxygens (including phenoxy) is 3. The summed E-state index contributed by atoms with van der Waals surface area (Å²) in [5.41, 5.74) is 0.552. The lowest BCUT2D eigenvalue weighted by atomic mass is 10.1. The van der Waals surface area contributed by atoms with E-state index in [0.717, 1.165) is 32.4 Å². The summed E-state index contributed by atoms with van der Waals surface area (Å²) in [6.07, 6.45) is 3.17. The molecule has 2 aromatic rings. The molecule has 1 aliphatic rings. The van der Waals surface area contributed by atoms with Gasteiger partial charge >= 0.3 is 5.97 Å². The van der Waals surface area contributed by atoms with Gasteiger partial charge in [0.2, 0.25) is 0 Å². The molecular weight excluding hydrogens is 389 g/mol. The first-order valence-corrected chi connectivity index (χ1v) is 10.2. The Morgan fingerprint density at radius 2 is 1.77 bits per heavy atom. The Bertz CT molecular complexity index is 880. The van der Waals surface area contributed by atoms with E-state index in [4.69, 9.17) is 14.2 Å². The lowest BCUT2D eigenvalue weighted by molar-refractivity contribution is -0.134. The van der Waals surface area contributed by atoms with Crippen LogP contribution in [0.3, 0.4) is 0 Å². The van der Waals surface area contributed by atoms with Gasteiger partial charge in [0, 0.05) is 18.7 Å². The van der Waals surface area contributed by atoms with Gasteiger partial charge in [-0.2, -0.15) is 0 Å². The Morgan fingerprint density at radius 3 is 2.50 bits per heavy atom. The van der Waals surface area contributed by atoms with Gasteiger partial charge in [-0.3, -0.25) is 4.79 Å². The van der Waals surface area contributed by atoms with E-state index < -0.39 is 11.8 Å². The smallest absolute Gasteiger partial charge is 0.338 e. The Kier molecular flexibility index (Phi) is 7.65. The van der Waals surface area contributed by atoms with Crippen LogP contribution in [0.25, 0.3) is 0 Å². The van der Waals surface area contributed by atoms with Crippen molar-refractivity contribution in [3.05, 3.63) is 59.4 Å². The van der Waals surface area contributed by atoms with Gasteiger partial charge in [0.15, 0.2) is 18.1 Å². The first kappa shape index (κ1) is 21.6. The van der Waals surface area contributed by atoms with Crippen molar-refractivity contribution in [2.75, 3.05) is 26.3 Å². The van der Waals surface area contributed by atoms with E-state index in [2.05, 4.69) is 0 Å². The summed E-state index contributed by atoms with van der Waals surface area (Å²) in [5, 5.41) is 0. The molecule has 1 heterocycles. The number of amides is 1. The molecule has 0 aliphatic carbocycles. The van der Waals surface area contributed by atoms with Crippen LogP contribution in [0.5, 0.6) is 11.5 Å². The van der Waals surface area contributed by atoms with Gasteiger partial charge in [-0.05, 0) is 50.5 Å². The Balaban J connectivity index is 1.62. The molecule has 1 fully saturated rings. The SMILES string of the molecule is CCOc1cc(C(=O)OCc2ccccc2F)ccc1OCC(=O)N1CCCCC1. The summed E-state index contributed by atoms with van der Waals surface area (Å²) < 4.78 is 30.1. The highest BCUT2D eigenvalue weighted by molar-refractivity contribution is 5.90. The Hall–Kier alpha value is -3.09. The predicted octanol–water partition coefficient (Wildman–Crippen LogP) is 3.97. The van der Waals surface area contributed by atoms with Gasteiger partial charge in [-0.25, -0.2) is 9.18 Å². The molecule has 0 atom stereocenters. The molecule has 0 aromatic heterocycles. The number of carbonyl (C=O) groups excluding carboxylic acids is 2. The molecule has 0 N–H and O–H groups in total. The van der Waals surface area contributed by atoms with Crippen molar-refractivity contribution >= 4 is 11.9 Å². The minimum absolute atomic E-state index is 0.0643. The largest absolute Gasteiger partial charge is 0.490 e. The third kappa shape index (κ3) is 5.72. The van der Waals surface area contributed by atoms with Gasteiger partial charge in [0.25, 0.3) is 5.91 Å². The minimum Gasteiger partial charge on any atom is -0.490 e. The lowest BCUT2D eigenvalue weighted by Gasteiger charge is -2.26. The highest BCUT2D eigenvalue weighted by Gasteiger charge is 2.19. The minimum atomic E-state index is -0.602. The van der Waals surface area contributed by atoms with E-state index in [1.54, 1.807) is 29.2 Å². The molecule has 0 radical (unpaired) electrons. The molecule has 6 nitrogen and oxygen atoms in total. The van der Waals surface area contributed by atoms with Crippen molar-refractivity contribution in [3.8, 4) is 11.5 Å². The highest BCUT2D eigenvalue weighted by Crippen LogP contribution is 2.29. The number of rotatable bonds is 8. The molecule has 0 saturated carbocycles. The molecular formula is C23H26FNO5. The maximum absolute atomic E-state index is 13.7. The summed E-state index contributed by atoms with van der Waals surface area (Å²) in [6.45, 7) is 3.44. The molecule has 30 heavy (non-hydrogen) atoms. The van der Waals surface area contributed by atoms with Crippen LogP contribution in [0.1, 0.15) is 42.1 Å². The fourth-order valence-electron chi connectivity index (χ4n) is 3.24. The van der Waals surface area contributed by atoms with Gasteiger partial charge < -0.3 is 19.1 Å². The van der Waals surface area contributed by atoms with Crippen molar-refractivity contribution in [2.24, 2.45) is 0 Å². The van der Waals surface area contributed by atoms with Crippen molar-refractivity contribution in [2.45, 2.75) is 32.8 Å². The molecule has 2 aromatic carbocycles. The van der Waals surface area contributed by atoms with Gasteiger partial charge in [0.05, 0.1) is 12.2 Å². The van der Waals surface area contributed by atoms with E-state index in [9.17, 15) is 14.0 Å². The van der Waals surface area contributed by atoms with Gasteiger partial charge in [-0.1, -0.05) is 18.2 Å². The predicted molar refractivity (Wildman–Crippen MR) is 109 cm³/mol.